The minimum atomic E-state index is -3.26. The van der Waals surface area contributed by atoms with Crippen molar-refractivity contribution in [3.05, 3.63) is 24.3 Å². The number of hydrogen-bond acceptors (Lipinski definition) is 4. The Morgan fingerprint density at radius 3 is 2.40 bits per heavy atom. The minimum Gasteiger partial charge on any atom is -0.481 e. The molecule has 2 fully saturated rings. The van der Waals surface area contributed by atoms with Gasteiger partial charge in [0.05, 0.1) is 17.4 Å². The highest BCUT2D eigenvalue weighted by molar-refractivity contribution is 7.93. The highest BCUT2D eigenvalue weighted by Crippen LogP contribution is 2.31. The number of nitrogens with zero attached hydrogens (tertiary/aromatic N) is 1. The number of carboxylic acids is 1. The summed E-state index contributed by atoms with van der Waals surface area (Å²) in [5.74, 6) is -1.33. The molecule has 136 valence electrons. The molecule has 0 unspecified atom stereocenters. The number of carboxylic acid groups (broad SMARTS) is 1. The Kier molecular flexibility index (Phi) is 4.99. The van der Waals surface area contributed by atoms with Crippen molar-refractivity contribution in [1.29, 1.82) is 0 Å². The van der Waals surface area contributed by atoms with Crippen LogP contribution in [0.3, 0.4) is 0 Å². The van der Waals surface area contributed by atoms with E-state index >= 15 is 0 Å². The van der Waals surface area contributed by atoms with Gasteiger partial charge in [0, 0.05) is 18.2 Å². The second kappa shape index (κ2) is 7.03. The van der Waals surface area contributed by atoms with E-state index in [1.54, 1.807) is 24.3 Å². The van der Waals surface area contributed by atoms with E-state index < -0.39 is 16.0 Å². The van der Waals surface area contributed by atoms with Crippen molar-refractivity contribution in [2.45, 2.75) is 32.1 Å². The van der Waals surface area contributed by atoms with E-state index in [0.717, 1.165) is 0 Å². The first kappa shape index (κ1) is 17.7. The average Bonchev–Trinajstić information content (AvgIpc) is 2.94. The third kappa shape index (κ3) is 3.95. The first-order valence-electron chi connectivity index (χ1n) is 8.51. The molecule has 3 rings (SSSR count). The molecule has 1 saturated heterocycles. The first-order valence-corrected chi connectivity index (χ1v) is 10.1. The van der Waals surface area contributed by atoms with E-state index in [4.69, 9.17) is 5.11 Å². The Hall–Kier alpha value is -2.09. The second-order valence-corrected chi connectivity index (χ2v) is 8.68. The van der Waals surface area contributed by atoms with Crippen LogP contribution in [0.2, 0.25) is 0 Å². The molecule has 1 amide bonds. The van der Waals surface area contributed by atoms with Crippen LogP contribution in [0, 0.1) is 11.8 Å². The number of benzene rings is 1. The Bertz CT molecular complexity index is 769. The van der Waals surface area contributed by atoms with Gasteiger partial charge < -0.3 is 10.4 Å². The van der Waals surface area contributed by atoms with Gasteiger partial charge in [-0.1, -0.05) is 6.07 Å². The molecule has 0 aromatic heterocycles. The van der Waals surface area contributed by atoms with Crippen LogP contribution in [0.4, 0.5) is 11.4 Å². The Labute approximate surface area is 147 Å². The first-order chi connectivity index (χ1) is 11.9. The summed E-state index contributed by atoms with van der Waals surface area (Å²) in [5, 5.41) is 11.9. The molecule has 0 spiro atoms. The number of anilines is 2. The van der Waals surface area contributed by atoms with Crippen molar-refractivity contribution in [2.24, 2.45) is 11.8 Å². The molecule has 25 heavy (non-hydrogen) atoms. The Morgan fingerprint density at radius 2 is 1.80 bits per heavy atom. The number of sulfonamides is 1. The second-order valence-electron chi connectivity index (χ2n) is 6.67. The normalized spacial score (nSPS) is 25.5. The van der Waals surface area contributed by atoms with Gasteiger partial charge in [-0.2, -0.15) is 0 Å². The van der Waals surface area contributed by atoms with Crippen molar-refractivity contribution in [2.75, 3.05) is 21.9 Å². The predicted octanol–water partition coefficient (Wildman–Crippen LogP) is 2.06. The molecule has 1 aliphatic heterocycles. The lowest BCUT2D eigenvalue weighted by atomic mass is 9.81. The summed E-state index contributed by atoms with van der Waals surface area (Å²) < 4.78 is 25.4. The van der Waals surface area contributed by atoms with E-state index in [2.05, 4.69) is 5.32 Å². The molecule has 1 heterocycles. The molecule has 8 heteroatoms. The van der Waals surface area contributed by atoms with Gasteiger partial charge in [-0.25, -0.2) is 8.42 Å². The number of carbonyl (C=O) groups excluding carboxylic acids is 1. The van der Waals surface area contributed by atoms with Gasteiger partial charge in [0.2, 0.25) is 15.9 Å². The zero-order chi connectivity index (χ0) is 18.0. The lowest BCUT2D eigenvalue weighted by molar-refractivity contribution is -0.143. The maximum Gasteiger partial charge on any atom is 0.306 e. The van der Waals surface area contributed by atoms with Crippen molar-refractivity contribution in [1.82, 2.24) is 0 Å². The summed E-state index contributed by atoms with van der Waals surface area (Å²) in [7, 11) is -3.26. The lowest BCUT2D eigenvalue weighted by Gasteiger charge is -2.25. The molecular formula is C17H22N2O5S. The maximum absolute atomic E-state index is 12.4. The zero-order valence-electron chi connectivity index (χ0n) is 13.8. The van der Waals surface area contributed by atoms with Crippen LogP contribution in [-0.4, -0.2) is 37.7 Å². The van der Waals surface area contributed by atoms with Gasteiger partial charge >= 0.3 is 5.97 Å². The number of hydrogen-bond donors (Lipinski definition) is 2. The molecule has 0 bridgehead atoms. The third-order valence-corrected chi connectivity index (χ3v) is 6.82. The van der Waals surface area contributed by atoms with Gasteiger partial charge in [0.1, 0.15) is 0 Å². The van der Waals surface area contributed by atoms with Crippen LogP contribution in [0.1, 0.15) is 32.1 Å². The van der Waals surface area contributed by atoms with E-state index in [1.807, 2.05) is 0 Å². The van der Waals surface area contributed by atoms with Crippen molar-refractivity contribution >= 4 is 33.3 Å². The topological polar surface area (TPSA) is 104 Å². The Morgan fingerprint density at radius 1 is 1.12 bits per heavy atom. The van der Waals surface area contributed by atoms with Crippen LogP contribution < -0.4 is 9.62 Å². The smallest absolute Gasteiger partial charge is 0.306 e. The molecule has 0 radical (unpaired) electrons. The van der Waals surface area contributed by atoms with Crippen LogP contribution in [-0.2, 0) is 19.6 Å². The van der Waals surface area contributed by atoms with Gasteiger partial charge in [-0.15, -0.1) is 0 Å². The van der Waals surface area contributed by atoms with Crippen LogP contribution >= 0.6 is 0 Å². The average molecular weight is 366 g/mol. The number of amides is 1. The largest absolute Gasteiger partial charge is 0.481 e. The highest BCUT2D eigenvalue weighted by atomic mass is 32.2. The molecule has 1 aromatic carbocycles. The summed E-state index contributed by atoms with van der Waals surface area (Å²) in [6, 6.07) is 6.84. The fraction of sp³-hybridized carbons (Fsp3) is 0.529. The quantitative estimate of drug-likeness (QED) is 0.849. The molecule has 2 N–H and O–H groups in total. The lowest BCUT2D eigenvalue weighted by Crippen LogP contribution is -2.29. The van der Waals surface area contributed by atoms with Crippen LogP contribution in [0.5, 0.6) is 0 Å². The van der Waals surface area contributed by atoms with E-state index in [9.17, 15) is 18.0 Å². The summed E-state index contributed by atoms with van der Waals surface area (Å²) >= 11 is 0. The van der Waals surface area contributed by atoms with Gasteiger partial charge in [-0.3, -0.25) is 13.9 Å². The van der Waals surface area contributed by atoms with Crippen molar-refractivity contribution in [3.63, 3.8) is 0 Å². The predicted molar refractivity (Wildman–Crippen MR) is 93.9 cm³/mol. The maximum atomic E-state index is 12.4. The van der Waals surface area contributed by atoms with Crippen molar-refractivity contribution in [3.8, 4) is 0 Å². The fourth-order valence-corrected chi connectivity index (χ4v) is 5.07. The molecule has 2 aliphatic rings. The van der Waals surface area contributed by atoms with E-state index in [0.29, 0.717) is 50.0 Å². The SMILES string of the molecule is O=C(O)C1CCC(C(=O)Nc2cccc(N3CCCS3(=O)=O)c2)CC1. The molecule has 1 aromatic rings. The molecule has 0 atom stereocenters. The van der Waals surface area contributed by atoms with Gasteiger partial charge in [0.15, 0.2) is 0 Å². The van der Waals surface area contributed by atoms with Crippen molar-refractivity contribution < 1.29 is 23.1 Å². The summed E-state index contributed by atoms with van der Waals surface area (Å²) in [5.41, 5.74) is 1.12. The van der Waals surface area contributed by atoms with Gasteiger partial charge in [-0.05, 0) is 50.3 Å². The number of nitrogens with one attached hydrogen (secondary N) is 1. The standard InChI is InChI=1S/C17H22N2O5S/c20-16(12-5-7-13(8-6-12)17(21)22)18-14-3-1-4-15(11-14)19-9-2-10-25(19,23)24/h1,3-4,11-13H,2,5-10H2,(H,18,20)(H,21,22). The third-order valence-electron chi connectivity index (χ3n) is 4.95. The number of rotatable bonds is 4. The number of carbonyl (C=O) groups is 2. The Balaban J connectivity index is 1.65. The van der Waals surface area contributed by atoms with E-state index in [-0.39, 0.29) is 23.5 Å². The molecule has 7 nitrogen and oxygen atoms in total. The summed E-state index contributed by atoms with van der Waals surface area (Å²) in [6.45, 7) is 0.457. The fourth-order valence-electron chi connectivity index (χ4n) is 3.52. The highest BCUT2D eigenvalue weighted by Gasteiger charge is 2.30. The van der Waals surface area contributed by atoms with Gasteiger partial charge in [0.25, 0.3) is 0 Å². The summed E-state index contributed by atoms with van der Waals surface area (Å²) in [6.07, 6.45) is 2.75. The monoisotopic (exact) mass is 366 g/mol. The van der Waals surface area contributed by atoms with E-state index in [1.165, 1.54) is 4.31 Å². The molecule has 1 aliphatic carbocycles. The zero-order valence-corrected chi connectivity index (χ0v) is 14.7. The van der Waals surface area contributed by atoms with Crippen LogP contribution in [0.25, 0.3) is 0 Å². The summed E-state index contributed by atoms with van der Waals surface area (Å²) in [4.78, 5) is 23.4. The number of aliphatic carboxylic acids is 1. The molecule has 1 saturated carbocycles. The van der Waals surface area contributed by atoms with Crippen LogP contribution in [0.15, 0.2) is 24.3 Å². The molecular weight excluding hydrogens is 344 g/mol. The minimum absolute atomic E-state index is 0.134.